The highest BCUT2D eigenvalue weighted by Gasteiger charge is 2.19. The van der Waals surface area contributed by atoms with E-state index in [-0.39, 0.29) is 0 Å². The lowest BCUT2D eigenvalue weighted by Crippen LogP contribution is -1.96. The average molecular weight is 691 g/mol. The largest absolute Gasteiger partial charge is 0.228 e. The van der Waals surface area contributed by atoms with Gasteiger partial charge in [0.2, 0.25) is 0 Å². The summed E-state index contributed by atoms with van der Waals surface area (Å²) in [5.41, 5.74) is 9.93. The van der Waals surface area contributed by atoms with E-state index in [0.717, 1.165) is 33.9 Å². The first kappa shape index (κ1) is 30.0. The van der Waals surface area contributed by atoms with E-state index in [1.54, 1.807) is 0 Å². The Kier molecular flexibility index (Phi) is 6.76. The highest BCUT2D eigenvalue weighted by atomic mass is 32.1. The second-order valence-corrected chi connectivity index (χ2v) is 14.8. The van der Waals surface area contributed by atoms with Gasteiger partial charge < -0.3 is 0 Å². The van der Waals surface area contributed by atoms with Gasteiger partial charge in [-0.3, -0.25) is 0 Å². The van der Waals surface area contributed by atoms with Crippen molar-refractivity contribution in [2.24, 2.45) is 0 Å². The molecule has 2 heterocycles. The normalized spacial score (nSPS) is 11.8. The van der Waals surface area contributed by atoms with Crippen LogP contribution in [0.25, 0.3) is 109 Å². The third-order valence-corrected chi connectivity index (χ3v) is 11.9. The van der Waals surface area contributed by atoms with Gasteiger partial charge in [-0.1, -0.05) is 170 Å². The number of hydrogen-bond donors (Lipinski definition) is 0. The van der Waals surface area contributed by atoms with Crippen LogP contribution in [0.2, 0.25) is 0 Å². The van der Waals surface area contributed by atoms with Crippen molar-refractivity contribution in [3.63, 3.8) is 0 Å². The van der Waals surface area contributed by atoms with E-state index in [9.17, 15) is 0 Å². The van der Waals surface area contributed by atoms with Gasteiger partial charge in [0.05, 0.1) is 11.4 Å². The van der Waals surface area contributed by atoms with Gasteiger partial charge in [0, 0.05) is 36.9 Å². The smallest absolute Gasteiger partial charge is 0.160 e. The topological polar surface area (TPSA) is 25.8 Å². The summed E-state index contributed by atoms with van der Waals surface area (Å²) in [6.45, 7) is 0. The lowest BCUT2D eigenvalue weighted by molar-refractivity contribution is 1.19. The molecule has 2 aromatic heterocycles. The van der Waals surface area contributed by atoms with E-state index in [4.69, 9.17) is 9.97 Å². The second kappa shape index (κ2) is 11.9. The minimum Gasteiger partial charge on any atom is -0.228 e. The van der Waals surface area contributed by atoms with Crippen LogP contribution in [-0.4, -0.2) is 9.97 Å². The van der Waals surface area contributed by atoms with E-state index in [1.165, 1.54) is 74.7 Å². The van der Waals surface area contributed by atoms with Crippen LogP contribution < -0.4 is 0 Å². The van der Waals surface area contributed by atoms with Crippen molar-refractivity contribution in [1.82, 2.24) is 9.97 Å². The average Bonchev–Trinajstić information content (AvgIpc) is 3.63. The zero-order valence-electron chi connectivity index (χ0n) is 28.6. The van der Waals surface area contributed by atoms with Crippen molar-refractivity contribution in [1.29, 1.82) is 0 Å². The van der Waals surface area contributed by atoms with Gasteiger partial charge in [0.15, 0.2) is 5.82 Å². The number of aromatic nitrogens is 2. The second-order valence-electron chi connectivity index (χ2n) is 13.7. The van der Waals surface area contributed by atoms with Crippen LogP contribution in [0.15, 0.2) is 182 Å². The lowest BCUT2D eigenvalue weighted by atomic mass is 9.89. The van der Waals surface area contributed by atoms with Crippen LogP contribution in [0.4, 0.5) is 0 Å². The summed E-state index contributed by atoms with van der Waals surface area (Å²) >= 11 is 1.84. The third kappa shape index (κ3) is 4.86. The number of nitrogens with zero attached hydrogens (tertiary/aromatic N) is 2. The molecule has 0 spiro atoms. The Bertz CT molecular complexity index is 3070. The molecule has 0 unspecified atom stereocenters. The number of benzene rings is 9. The van der Waals surface area contributed by atoms with Crippen LogP contribution in [0.3, 0.4) is 0 Å². The summed E-state index contributed by atoms with van der Waals surface area (Å²) in [5.74, 6) is 0.725. The molecular weight excluding hydrogens is 661 g/mol. The number of hydrogen-bond acceptors (Lipinski definition) is 3. The third-order valence-electron chi connectivity index (χ3n) is 10.7. The molecule has 0 amide bonds. The fraction of sp³-hybridized carbons (Fsp3) is 0. The molecule has 0 saturated carbocycles. The van der Waals surface area contributed by atoms with Gasteiger partial charge in [0.25, 0.3) is 0 Å². The maximum absolute atomic E-state index is 5.22. The molecule has 0 saturated heterocycles. The van der Waals surface area contributed by atoms with Crippen LogP contribution in [0.1, 0.15) is 0 Å². The monoisotopic (exact) mass is 690 g/mol. The fourth-order valence-electron chi connectivity index (χ4n) is 8.15. The summed E-state index contributed by atoms with van der Waals surface area (Å²) in [4.78, 5) is 10.3. The van der Waals surface area contributed by atoms with E-state index >= 15 is 0 Å². The van der Waals surface area contributed by atoms with Crippen LogP contribution in [-0.2, 0) is 0 Å². The van der Waals surface area contributed by atoms with Gasteiger partial charge in [-0.05, 0) is 66.7 Å². The maximum atomic E-state index is 5.22. The van der Waals surface area contributed by atoms with Crippen LogP contribution in [0, 0.1) is 0 Å². The zero-order chi connectivity index (χ0) is 34.9. The van der Waals surface area contributed by atoms with Crippen molar-refractivity contribution in [3.8, 4) is 56.2 Å². The quantitative estimate of drug-likeness (QED) is 0.168. The first-order chi connectivity index (χ1) is 26.3. The Hall–Kier alpha value is -6.68. The molecule has 0 aliphatic carbocycles. The standard InChI is InChI=1S/C50H30N2S/c1-3-10-33(11-4-1)43-30-44(52-50(51-43)37-12-5-2-6-13-37)41-29-28-39(48-42-16-7-8-17-45(42)53-49(41)48)32-20-18-31(19-21-32)38-26-24-36-23-22-34-14-9-15-35-25-27-40(38)47(36)46(34)35/h1-30H. The molecule has 11 aromatic rings. The Labute approximate surface area is 310 Å². The van der Waals surface area contributed by atoms with E-state index in [2.05, 4.69) is 158 Å². The molecule has 0 aliphatic rings. The minimum absolute atomic E-state index is 0.725. The van der Waals surface area contributed by atoms with E-state index in [0.29, 0.717) is 0 Å². The number of rotatable bonds is 5. The number of fused-ring (bicyclic) bond motifs is 3. The molecule has 53 heavy (non-hydrogen) atoms. The predicted octanol–water partition coefficient (Wildman–Crippen LogP) is 14.1. The molecule has 0 fully saturated rings. The molecule has 0 N–H and O–H groups in total. The van der Waals surface area contributed by atoms with E-state index < -0.39 is 0 Å². The molecule has 0 aliphatic heterocycles. The van der Waals surface area contributed by atoms with Crippen molar-refractivity contribution in [2.75, 3.05) is 0 Å². The molecule has 3 heteroatoms. The Morgan fingerprint density at radius 1 is 0.340 bits per heavy atom. The molecule has 2 nitrogen and oxygen atoms in total. The van der Waals surface area contributed by atoms with Crippen LogP contribution in [0.5, 0.6) is 0 Å². The molecule has 9 aromatic carbocycles. The summed E-state index contributed by atoms with van der Waals surface area (Å²) < 4.78 is 2.50. The Balaban J connectivity index is 1.07. The molecule has 11 rings (SSSR count). The minimum atomic E-state index is 0.725. The first-order valence-electron chi connectivity index (χ1n) is 18.0. The van der Waals surface area contributed by atoms with Gasteiger partial charge in [-0.2, -0.15) is 0 Å². The van der Waals surface area contributed by atoms with Crippen LogP contribution >= 0.6 is 11.3 Å². The summed E-state index contributed by atoms with van der Waals surface area (Å²) in [5, 5.41) is 10.4. The highest BCUT2D eigenvalue weighted by Crippen LogP contribution is 2.46. The highest BCUT2D eigenvalue weighted by molar-refractivity contribution is 7.26. The summed E-state index contributed by atoms with van der Waals surface area (Å²) in [7, 11) is 0. The van der Waals surface area contributed by atoms with Gasteiger partial charge in [-0.25, -0.2) is 9.97 Å². The summed E-state index contributed by atoms with van der Waals surface area (Å²) in [6, 6.07) is 65.5. The van der Waals surface area contributed by atoms with Crippen molar-refractivity contribution in [2.45, 2.75) is 0 Å². The molecule has 0 radical (unpaired) electrons. The number of thiophene rings is 1. The Morgan fingerprint density at radius 2 is 0.925 bits per heavy atom. The Morgan fingerprint density at radius 3 is 1.70 bits per heavy atom. The van der Waals surface area contributed by atoms with Gasteiger partial charge in [0.1, 0.15) is 0 Å². The SMILES string of the molecule is c1ccc(-c2cc(-c3ccc(-c4ccc(-c5ccc6ccc7cccc8ccc5c6c78)cc4)c4c3sc3ccccc34)nc(-c3ccccc3)n2)cc1. The molecule has 246 valence electrons. The predicted molar refractivity (Wildman–Crippen MR) is 226 cm³/mol. The molecule has 0 atom stereocenters. The first-order valence-corrected chi connectivity index (χ1v) is 18.8. The molecular formula is C50H30N2S. The zero-order valence-corrected chi connectivity index (χ0v) is 29.4. The lowest BCUT2D eigenvalue weighted by Gasteiger charge is -2.15. The molecule has 0 bridgehead atoms. The van der Waals surface area contributed by atoms with Crippen molar-refractivity contribution in [3.05, 3.63) is 182 Å². The fourth-order valence-corrected chi connectivity index (χ4v) is 9.40. The van der Waals surface area contributed by atoms with Crippen molar-refractivity contribution >= 4 is 63.8 Å². The maximum Gasteiger partial charge on any atom is 0.160 e. The van der Waals surface area contributed by atoms with E-state index in [1.807, 2.05) is 35.6 Å². The summed E-state index contributed by atoms with van der Waals surface area (Å²) in [6.07, 6.45) is 0. The van der Waals surface area contributed by atoms with Crippen molar-refractivity contribution < 1.29 is 0 Å². The van der Waals surface area contributed by atoms with Gasteiger partial charge >= 0.3 is 0 Å². The van der Waals surface area contributed by atoms with Gasteiger partial charge in [-0.15, -0.1) is 11.3 Å².